The number of methoxy groups -OCH3 is 2. The highest BCUT2D eigenvalue weighted by Gasteiger charge is 2.43. The van der Waals surface area contributed by atoms with Gasteiger partial charge in [0, 0.05) is 47.3 Å². The summed E-state index contributed by atoms with van der Waals surface area (Å²) in [5, 5.41) is 8.76. The van der Waals surface area contributed by atoms with Gasteiger partial charge in [-0.25, -0.2) is 0 Å². The van der Waals surface area contributed by atoms with E-state index >= 15 is 0 Å². The Morgan fingerprint density at radius 1 is 0.775 bits per heavy atom. The second-order valence-electron chi connectivity index (χ2n) is 19.1. The Kier molecular flexibility index (Phi) is 32.3. The first-order valence-electron chi connectivity index (χ1n) is 25.7. The third kappa shape index (κ3) is 23.7. The lowest BCUT2D eigenvalue weighted by Gasteiger charge is -2.41. The van der Waals surface area contributed by atoms with E-state index in [0.717, 1.165) is 12.8 Å². The van der Waals surface area contributed by atoms with Gasteiger partial charge in [-0.1, -0.05) is 77.5 Å². The average Bonchev–Trinajstić information content (AvgIpc) is 3.68. The van der Waals surface area contributed by atoms with Gasteiger partial charge in [0.05, 0.1) is 116 Å². The highest BCUT2D eigenvalue weighted by molar-refractivity contribution is 5.94. The Labute approximate surface area is 424 Å². The van der Waals surface area contributed by atoms with Crippen molar-refractivity contribution in [2.24, 2.45) is 29.4 Å². The van der Waals surface area contributed by atoms with E-state index in [2.05, 4.69) is 28.1 Å². The van der Waals surface area contributed by atoms with Gasteiger partial charge in [0.1, 0.15) is 11.6 Å². The molecule has 0 radical (unpaired) electrons. The molecule has 19 heteroatoms. The Balaban J connectivity index is 1.87. The molecule has 6 unspecified atom stereocenters. The number of hydrogen-bond donors (Lipinski definition) is 4. The quantitative estimate of drug-likeness (QED) is 0.0650. The van der Waals surface area contributed by atoms with Crippen LogP contribution in [-0.2, 0) is 61.9 Å². The molecule has 19 nitrogen and oxygen atoms in total. The summed E-state index contributed by atoms with van der Waals surface area (Å²) in [6.07, 6.45) is 13.9. The zero-order valence-electron chi connectivity index (χ0n) is 44.8. The molecule has 0 aromatic rings. The number of hydrogen-bond acceptors (Lipinski definition) is 14. The van der Waals surface area contributed by atoms with Gasteiger partial charge in [0.15, 0.2) is 0 Å². The van der Waals surface area contributed by atoms with Crippen LogP contribution in [0, 0.1) is 23.7 Å². The van der Waals surface area contributed by atoms with Gasteiger partial charge in [-0.2, -0.15) is 0 Å². The lowest BCUT2D eigenvalue weighted by atomic mass is 9.89. The van der Waals surface area contributed by atoms with E-state index in [9.17, 15) is 24.0 Å². The van der Waals surface area contributed by atoms with Crippen LogP contribution in [0.2, 0.25) is 0 Å². The van der Waals surface area contributed by atoms with Crippen LogP contribution < -0.4 is 21.7 Å². The van der Waals surface area contributed by atoms with Crippen molar-refractivity contribution in [3.8, 4) is 0 Å². The standard InChI is InChI=1S/C52H92N6O13/c1-11-39(4)47(43(64-9)37-45(60)58-24-16-19-42(58)48(65-10)40(5)49(61)54-23-20-41-17-14-12-13-15-18-41)57(8)50(62)46(38(2)3)55-51(63)52(6,7)56-44(59)21-25-66-27-29-68-31-33-70-35-36-71-34-32-69-30-28-67-26-22-53/h12-15,17-18,38-43,46-48H,11,16,19-37,53H2,1-10H3,(H,54,61)(H,55,63)(H,56,59)/t39?,40?,42-,43?,46?,47?,48?/m0/s1. The molecular formula is C52H92N6O13. The van der Waals surface area contributed by atoms with Crippen molar-refractivity contribution in [3.05, 3.63) is 36.5 Å². The Morgan fingerprint density at radius 3 is 1.80 bits per heavy atom. The number of ether oxygens (including phenoxy) is 8. The average molecular weight is 1010 g/mol. The number of allylic oxidation sites excluding steroid dienone is 6. The molecule has 1 fully saturated rings. The number of nitrogens with zero attached hydrogens (tertiary/aromatic N) is 2. The minimum Gasteiger partial charge on any atom is -0.379 e. The lowest BCUT2D eigenvalue weighted by Crippen LogP contribution is -2.62. The molecule has 1 saturated heterocycles. The molecule has 2 aliphatic rings. The molecule has 71 heavy (non-hydrogen) atoms. The number of likely N-dealkylation sites (tertiary alicyclic amines) is 1. The third-order valence-corrected chi connectivity index (χ3v) is 12.9. The molecule has 5 N–H and O–H groups in total. The maximum absolute atomic E-state index is 14.5. The van der Waals surface area contributed by atoms with Crippen LogP contribution in [0.3, 0.4) is 0 Å². The van der Waals surface area contributed by atoms with E-state index < -0.39 is 41.7 Å². The fourth-order valence-electron chi connectivity index (χ4n) is 8.60. The van der Waals surface area contributed by atoms with Crippen LogP contribution in [0.5, 0.6) is 0 Å². The smallest absolute Gasteiger partial charge is 0.245 e. The zero-order chi connectivity index (χ0) is 52.6. The van der Waals surface area contributed by atoms with Crippen molar-refractivity contribution in [1.29, 1.82) is 0 Å². The highest BCUT2D eigenvalue weighted by atomic mass is 16.6. The first kappa shape index (κ1) is 63.3. The summed E-state index contributed by atoms with van der Waals surface area (Å²) in [5.74, 6) is -2.20. The summed E-state index contributed by atoms with van der Waals surface area (Å²) in [6.45, 7) is 19.1. The summed E-state index contributed by atoms with van der Waals surface area (Å²) in [6, 6.07) is -1.78. The molecule has 408 valence electrons. The summed E-state index contributed by atoms with van der Waals surface area (Å²) in [5.41, 5.74) is 4.01. The first-order valence-corrected chi connectivity index (χ1v) is 25.7. The van der Waals surface area contributed by atoms with Gasteiger partial charge in [0.2, 0.25) is 29.5 Å². The topological polar surface area (TPSA) is 228 Å². The van der Waals surface area contributed by atoms with Crippen LogP contribution in [0.25, 0.3) is 0 Å². The maximum atomic E-state index is 14.5. The molecule has 1 heterocycles. The number of nitrogens with one attached hydrogen (secondary N) is 3. The van der Waals surface area contributed by atoms with Gasteiger partial charge in [-0.3, -0.25) is 24.0 Å². The number of carbonyl (C=O) groups excluding carboxylic acids is 5. The van der Waals surface area contributed by atoms with Crippen molar-refractivity contribution in [3.63, 3.8) is 0 Å². The van der Waals surface area contributed by atoms with E-state index in [1.165, 1.54) is 0 Å². The largest absolute Gasteiger partial charge is 0.379 e. The van der Waals surface area contributed by atoms with Gasteiger partial charge < -0.3 is 69.4 Å². The van der Waals surface area contributed by atoms with E-state index in [1.54, 1.807) is 40.0 Å². The van der Waals surface area contributed by atoms with Crippen LogP contribution in [-0.4, -0.2) is 195 Å². The second kappa shape index (κ2) is 36.2. The van der Waals surface area contributed by atoms with Gasteiger partial charge >= 0.3 is 0 Å². The Bertz CT molecular complexity index is 1610. The van der Waals surface area contributed by atoms with Crippen molar-refractivity contribution in [2.75, 3.05) is 120 Å². The van der Waals surface area contributed by atoms with E-state index in [0.29, 0.717) is 98.5 Å². The minimum atomic E-state index is -1.35. The van der Waals surface area contributed by atoms with E-state index in [4.69, 9.17) is 43.6 Å². The number of likely N-dealkylation sites (N-methyl/N-ethyl adjacent to an activating group) is 1. The highest BCUT2D eigenvalue weighted by Crippen LogP contribution is 2.30. The lowest BCUT2D eigenvalue weighted by molar-refractivity contribution is -0.148. The van der Waals surface area contributed by atoms with Crippen molar-refractivity contribution in [1.82, 2.24) is 25.8 Å². The molecule has 0 saturated carbocycles. The van der Waals surface area contributed by atoms with E-state index in [-0.39, 0.29) is 73.5 Å². The number of amides is 5. The van der Waals surface area contributed by atoms with Crippen LogP contribution in [0.1, 0.15) is 87.0 Å². The second-order valence-corrected chi connectivity index (χ2v) is 19.1. The van der Waals surface area contributed by atoms with Crippen LogP contribution in [0.4, 0.5) is 0 Å². The molecule has 2 rings (SSSR count). The van der Waals surface area contributed by atoms with Gasteiger partial charge in [-0.15, -0.1) is 0 Å². The molecular weight excluding hydrogens is 917 g/mol. The minimum absolute atomic E-state index is 0.000264. The SMILES string of the molecule is CCC(C)C(C(CC(=O)N1CCC[C@H]1C(OC)C(C)C(=O)NCCC1C=CC=CC=C1)OC)N(C)C(=O)C(NC(=O)C(C)(C)NC(=O)CCOCCOCCOCCOCCOCCOCCN)C(C)C. The van der Waals surface area contributed by atoms with Crippen molar-refractivity contribution >= 4 is 29.5 Å². The summed E-state index contributed by atoms with van der Waals surface area (Å²) in [7, 11) is 4.81. The fourth-order valence-corrected chi connectivity index (χ4v) is 8.60. The molecule has 1 aliphatic carbocycles. The predicted molar refractivity (Wildman–Crippen MR) is 272 cm³/mol. The first-order chi connectivity index (χ1) is 34.0. The van der Waals surface area contributed by atoms with Gasteiger partial charge in [0.25, 0.3) is 0 Å². The maximum Gasteiger partial charge on any atom is 0.245 e. The molecule has 0 aromatic carbocycles. The predicted octanol–water partition coefficient (Wildman–Crippen LogP) is 3.20. The van der Waals surface area contributed by atoms with Crippen LogP contribution >= 0.6 is 0 Å². The third-order valence-electron chi connectivity index (χ3n) is 12.9. The number of carbonyl (C=O) groups is 5. The number of rotatable bonds is 39. The Hall–Kier alpha value is -3.79. The Morgan fingerprint density at radius 2 is 1.31 bits per heavy atom. The summed E-state index contributed by atoms with van der Waals surface area (Å²) < 4.78 is 44.7. The van der Waals surface area contributed by atoms with Crippen molar-refractivity contribution in [2.45, 2.75) is 123 Å². The van der Waals surface area contributed by atoms with Crippen LogP contribution in [0.15, 0.2) is 36.5 Å². The van der Waals surface area contributed by atoms with Gasteiger partial charge in [-0.05, 0) is 50.9 Å². The van der Waals surface area contributed by atoms with E-state index in [1.807, 2.05) is 63.8 Å². The summed E-state index contributed by atoms with van der Waals surface area (Å²) in [4.78, 5) is 72.2. The molecule has 0 bridgehead atoms. The normalized spacial score (nSPS) is 17.6. The molecule has 0 spiro atoms. The fraction of sp³-hybridized carbons (Fsp3) is 0.788. The molecule has 0 aromatic heterocycles. The van der Waals surface area contributed by atoms with Crippen molar-refractivity contribution < 1.29 is 61.9 Å². The zero-order valence-corrected chi connectivity index (χ0v) is 44.8. The molecule has 5 amide bonds. The number of nitrogens with two attached hydrogens (primary N) is 1. The monoisotopic (exact) mass is 1010 g/mol. The molecule has 7 atom stereocenters. The molecule has 1 aliphatic heterocycles. The summed E-state index contributed by atoms with van der Waals surface area (Å²) >= 11 is 0.